The van der Waals surface area contributed by atoms with Gasteiger partial charge in [0.15, 0.2) is 0 Å². The van der Waals surface area contributed by atoms with E-state index in [0.717, 1.165) is 37.6 Å². The van der Waals surface area contributed by atoms with Crippen molar-refractivity contribution in [3.05, 3.63) is 0 Å². The zero-order valence-electron chi connectivity index (χ0n) is 11.1. The smallest absolute Gasteiger partial charge is 0.116 e. The van der Waals surface area contributed by atoms with E-state index in [-0.39, 0.29) is 18.5 Å². The minimum atomic E-state index is -1.08. The highest BCUT2D eigenvalue weighted by Crippen LogP contribution is 2.07. The van der Waals surface area contributed by atoms with Gasteiger partial charge in [-0.05, 0) is 27.7 Å². The molecule has 0 saturated heterocycles. The molecule has 0 heterocycles. The number of aliphatic hydroxyl groups is 1. The van der Waals surface area contributed by atoms with Gasteiger partial charge in [0.2, 0.25) is 0 Å². The van der Waals surface area contributed by atoms with Gasteiger partial charge in [0.05, 0.1) is 25.5 Å². The molecule has 1 unspecified atom stereocenters. The molecule has 0 aliphatic rings. The predicted octanol–water partition coefficient (Wildman–Crippen LogP) is 0.641. The average Bonchev–Trinajstić information content (AvgIpc) is 2.25. The molecule has 0 bridgehead atoms. The van der Waals surface area contributed by atoms with Gasteiger partial charge in [-0.25, -0.2) is 0 Å². The van der Waals surface area contributed by atoms with Crippen LogP contribution in [-0.2, 0) is 4.79 Å². The van der Waals surface area contributed by atoms with E-state index in [9.17, 15) is 5.11 Å². The summed E-state index contributed by atoms with van der Waals surface area (Å²) in [5.41, 5.74) is 0. The first kappa shape index (κ1) is 22.2. The molecule has 0 aliphatic carbocycles. The first-order chi connectivity index (χ1) is 7.37. The zero-order chi connectivity index (χ0) is 13.2. The Hall–Kier alpha value is -0.0300. The number of carbonyl (C=O) groups is 1. The molecule has 0 aromatic carbocycles. The molecular formula is C11H25Cl2NO3. The lowest BCUT2D eigenvalue weighted by atomic mass is 10.2. The fraction of sp³-hybridized carbons (Fsp3) is 0.909. The third kappa shape index (κ3) is 12.2. The second kappa shape index (κ2) is 12.4. The van der Waals surface area contributed by atoms with Gasteiger partial charge in [-0.15, -0.1) is 24.0 Å². The van der Waals surface area contributed by atoms with Gasteiger partial charge in [-0.1, -0.05) is 0 Å². The topological polar surface area (TPSA) is 60.4 Å². The number of likely N-dealkylation sites (N-methyl/N-ethyl adjacent to an activating group) is 1. The van der Waals surface area contributed by atoms with E-state index in [1.54, 1.807) is 0 Å². The maximum atomic E-state index is 9.44. The van der Waals surface area contributed by atoms with Crippen molar-refractivity contribution < 1.29 is 19.5 Å². The fourth-order valence-electron chi connectivity index (χ4n) is 1.55. The van der Waals surface area contributed by atoms with Gasteiger partial charge in [0, 0.05) is 5.97 Å². The standard InChI is InChI=1S/C9H21ClNO.C2H4O2.ClH/c1-4-11(5-2,6-3)8-9(12)7-10;1-2(3)4;/h9,12H,4-8H2,1-3H3;1H3,(H,3,4);1H/q+1;;/p-1. The molecule has 0 aliphatic heterocycles. The molecule has 1 atom stereocenters. The van der Waals surface area contributed by atoms with E-state index in [0.29, 0.717) is 5.88 Å². The Morgan fingerprint density at radius 1 is 1.29 bits per heavy atom. The van der Waals surface area contributed by atoms with Crippen molar-refractivity contribution in [2.45, 2.75) is 33.8 Å². The summed E-state index contributed by atoms with van der Waals surface area (Å²) in [5, 5.41) is 18.3. The van der Waals surface area contributed by atoms with Crippen molar-refractivity contribution in [1.29, 1.82) is 0 Å². The van der Waals surface area contributed by atoms with Gasteiger partial charge in [-0.3, -0.25) is 0 Å². The molecule has 0 fully saturated rings. The van der Waals surface area contributed by atoms with Crippen molar-refractivity contribution in [1.82, 2.24) is 0 Å². The quantitative estimate of drug-likeness (QED) is 0.577. The highest BCUT2D eigenvalue weighted by molar-refractivity contribution is 6.18. The molecule has 6 heteroatoms. The van der Waals surface area contributed by atoms with E-state index in [2.05, 4.69) is 20.8 Å². The molecule has 17 heavy (non-hydrogen) atoms. The van der Waals surface area contributed by atoms with E-state index >= 15 is 0 Å². The Labute approximate surface area is 116 Å². The Kier molecular flexibility index (Phi) is 16.2. The van der Waals surface area contributed by atoms with Crippen molar-refractivity contribution in [2.75, 3.05) is 32.1 Å². The van der Waals surface area contributed by atoms with Crippen LogP contribution in [0, 0.1) is 0 Å². The lowest BCUT2D eigenvalue weighted by Gasteiger charge is -2.37. The summed E-state index contributed by atoms with van der Waals surface area (Å²) in [7, 11) is 0. The SMILES string of the molecule is CC(=O)[O-].CC[N+](CC)(CC)CC(O)CCl.Cl. The van der Waals surface area contributed by atoms with Crippen LogP contribution in [0.3, 0.4) is 0 Å². The number of carboxylic acid groups (broad SMARTS) is 1. The molecule has 0 aromatic heterocycles. The van der Waals surface area contributed by atoms with Gasteiger partial charge < -0.3 is 19.5 Å². The molecule has 0 radical (unpaired) electrons. The molecule has 106 valence electrons. The van der Waals surface area contributed by atoms with Crippen LogP contribution in [0.5, 0.6) is 0 Å². The number of halogens is 2. The Bertz CT molecular complexity index is 175. The number of alkyl halides is 1. The lowest BCUT2D eigenvalue weighted by Crippen LogP contribution is -2.52. The van der Waals surface area contributed by atoms with Crippen LogP contribution in [0.15, 0.2) is 0 Å². The highest BCUT2D eigenvalue weighted by Gasteiger charge is 2.24. The summed E-state index contributed by atoms with van der Waals surface area (Å²) in [6.07, 6.45) is -0.355. The minimum absolute atomic E-state index is 0. The van der Waals surface area contributed by atoms with Gasteiger partial charge in [-0.2, -0.15) is 0 Å². The average molecular weight is 290 g/mol. The molecule has 0 amide bonds. The summed E-state index contributed by atoms with van der Waals surface area (Å²) >= 11 is 5.57. The third-order valence-corrected chi connectivity index (χ3v) is 3.14. The monoisotopic (exact) mass is 289 g/mol. The number of rotatable bonds is 6. The second-order valence-corrected chi connectivity index (χ2v) is 4.08. The van der Waals surface area contributed by atoms with Crippen molar-refractivity contribution in [3.8, 4) is 0 Å². The summed E-state index contributed by atoms with van der Waals surface area (Å²) in [6.45, 7) is 11.5. The molecule has 4 nitrogen and oxygen atoms in total. The second-order valence-electron chi connectivity index (χ2n) is 3.77. The molecular weight excluding hydrogens is 265 g/mol. The van der Waals surface area contributed by atoms with Crippen molar-refractivity contribution in [3.63, 3.8) is 0 Å². The van der Waals surface area contributed by atoms with Crippen molar-refractivity contribution >= 4 is 30.0 Å². The number of carboxylic acids is 1. The lowest BCUT2D eigenvalue weighted by molar-refractivity contribution is -0.925. The van der Waals surface area contributed by atoms with Crippen LogP contribution in [0.4, 0.5) is 0 Å². The zero-order valence-corrected chi connectivity index (χ0v) is 12.7. The summed E-state index contributed by atoms with van der Waals surface area (Å²) in [6, 6.07) is 0. The van der Waals surface area contributed by atoms with Crippen LogP contribution in [0.1, 0.15) is 27.7 Å². The van der Waals surface area contributed by atoms with Crippen LogP contribution in [-0.4, -0.2) is 53.7 Å². The number of carbonyl (C=O) groups excluding carboxylic acids is 1. The molecule has 0 saturated carbocycles. The molecule has 1 N–H and O–H groups in total. The summed E-state index contributed by atoms with van der Waals surface area (Å²) < 4.78 is 0.966. The normalized spacial score (nSPS) is 11.9. The van der Waals surface area contributed by atoms with Crippen LogP contribution in [0.2, 0.25) is 0 Å². The Morgan fingerprint density at radius 3 is 1.76 bits per heavy atom. The van der Waals surface area contributed by atoms with Crippen molar-refractivity contribution in [2.24, 2.45) is 0 Å². The number of aliphatic carboxylic acids is 1. The van der Waals surface area contributed by atoms with E-state index < -0.39 is 5.97 Å². The molecule has 0 spiro atoms. The predicted molar refractivity (Wildman–Crippen MR) is 71.4 cm³/mol. The number of hydrogen-bond acceptors (Lipinski definition) is 3. The number of quaternary nitrogens is 1. The van der Waals surface area contributed by atoms with Gasteiger partial charge >= 0.3 is 0 Å². The first-order valence-corrected chi connectivity index (χ1v) is 6.17. The first-order valence-electron chi connectivity index (χ1n) is 5.64. The van der Waals surface area contributed by atoms with Crippen LogP contribution < -0.4 is 5.11 Å². The van der Waals surface area contributed by atoms with Crippen LogP contribution >= 0.6 is 24.0 Å². The third-order valence-electron chi connectivity index (χ3n) is 2.79. The maximum absolute atomic E-state index is 9.44. The number of hydrogen-bond donors (Lipinski definition) is 1. The largest absolute Gasteiger partial charge is 0.550 e. The Morgan fingerprint density at radius 2 is 1.59 bits per heavy atom. The summed E-state index contributed by atoms with van der Waals surface area (Å²) in [4.78, 5) is 8.89. The maximum Gasteiger partial charge on any atom is 0.116 e. The fourth-order valence-corrected chi connectivity index (χ4v) is 1.65. The van der Waals surface area contributed by atoms with Gasteiger partial charge in [0.1, 0.15) is 12.6 Å². The molecule has 0 rings (SSSR count). The molecule has 0 aromatic rings. The number of nitrogens with zero attached hydrogens (tertiary/aromatic N) is 1. The minimum Gasteiger partial charge on any atom is -0.550 e. The van der Waals surface area contributed by atoms with Gasteiger partial charge in [0.25, 0.3) is 0 Å². The summed E-state index contributed by atoms with van der Waals surface area (Å²) in [5.74, 6) is -0.736. The van der Waals surface area contributed by atoms with E-state index in [1.807, 2.05) is 0 Å². The highest BCUT2D eigenvalue weighted by atomic mass is 35.5. The Balaban J connectivity index is -0.000000340. The van der Waals surface area contributed by atoms with E-state index in [4.69, 9.17) is 21.5 Å². The van der Waals surface area contributed by atoms with E-state index in [1.165, 1.54) is 0 Å². The van der Waals surface area contributed by atoms with Crippen LogP contribution in [0.25, 0.3) is 0 Å². The number of aliphatic hydroxyl groups excluding tert-OH is 1.